The monoisotopic (exact) mass is 416 g/mol. The number of benzene rings is 1. The molecule has 0 saturated carbocycles. The molecular weight excluding hydrogens is 380 g/mol. The van der Waals surface area contributed by atoms with Crippen LogP contribution in [-0.4, -0.2) is 79.1 Å². The van der Waals surface area contributed by atoms with Crippen LogP contribution in [0.3, 0.4) is 0 Å². The number of carbonyl (C=O) groups is 2. The minimum Gasteiger partial charge on any atom is -0.491 e. The van der Waals surface area contributed by atoms with Crippen LogP contribution < -0.4 is 10.1 Å². The smallest absolute Gasteiger partial charge is 0.317 e. The summed E-state index contributed by atoms with van der Waals surface area (Å²) in [6, 6.07) is 6.03. The van der Waals surface area contributed by atoms with Gasteiger partial charge in [-0.1, -0.05) is 26.0 Å². The highest BCUT2D eigenvalue weighted by atomic mass is 16.5. The Balaban J connectivity index is 1.53. The summed E-state index contributed by atoms with van der Waals surface area (Å²) in [5.41, 5.74) is 2.12. The van der Waals surface area contributed by atoms with Crippen molar-refractivity contribution in [3.05, 3.63) is 29.3 Å². The van der Waals surface area contributed by atoms with E-state index >= 15 is 0 Å². The number of nitrogens with one attached hydrogen (secondary N) is 1. The van der Waals surface area contributed by atoms with Crippen LogP contribution in [0.5, 0.6) is 5.75 Å². The first-order valence-electron chi connectivity index (χ1n) is 11.2. The molecule has 0 spiro atoms. The van der Waals surface area contributed by atoms with E-state index in [-0.39, 0.29) is 11.9 Å². The predicted molar refractivity (Wildman–Crippen MR) is 118 cm³/mol. The van der Waals surface area contributed by atoms with E-state index in [9.17, 15) is 9.59 Å². The molecule has 1 aromatic rings. The molecule has 3 rings (SSSR count). The Morgan fingerprint density at radius 3 is 2.57 bits per heavy atom. The fourth-order valence-electron chi connectivity index (χ4n) is 4.15. The summed E-state index contributed by atoms with van der Waals surface area (Å²) in [7, 11) is 0. The maximum absolute atomic E-state index is 12.7. The molecule has 2 aliphatic rings. The fourth-order valence-corrected chi connectivity index (χ4v) is 4.15. The van der Waals surface area contributed by atoms with Crippen LogP contribution in [0, 0.1) is 5.92 Å². The third kappa shape index (κ3) is 6.11. The SMILES string of the molecule is CCNC(=O)N1CCOc2ccc(CCC(=O)N3CCN(CC(C)C)CC3)cc2C1. The fraction of sp³-hybridized carbons (Fsp3) is 0.652. The van der Waals surface area contributed by atoms with Crippen molar-refractivity contribution in [2.45, 2.75) is 40.2 Å². The van der Waals surface area contributed by atoms with Gasteiger partial charge in [0, 0.05) is 51.3 Å². The lowest BCUT2D eigenvalue weighted by Gasteiger charge is -2.35. The lowest BCUT2D eigenvalue weighted by atomic mass is 10.0. The number of nitrogens with zero attached hydrogens (tertiary/aromatic N) is 3. The zero-order chi connectivity index (χ0) is 21.5. The molecule has 3 amide bonds. The molecule has 0 unspecified atom stereocenters. The van der Waals surface area contributed by atoms with E-state index < -0.39 is 0 Å². The number of urea groups is 1. The molecule has 30 heavy (non-hydrogen) atoms. The number of carbonyl (C=O) groups excluding carboxylic acids is 2. The third-order valence-corrected chi connectivity index (χ3v) is 5.70. The first-order chi connectivity index (χ1) is 14.5. The van der Waals surface area contributed by atoms with Crippen LogP contribution in [0.2, 0.25) is 0 Å². The van der Waals surface area contributed by atoms with Gasteiger partial charge in [-0.3, -0.25) is 9.69 Å². The Labute approximate surface area is 180 Å². The molecule has 7 heteroatoms. The van der Waals surface area contributed by atoms with Gasteiger partial charge in [0.1, 0.15) is 12.4 Å². The average Bonchev–Trinajstić information content (AvgIpc) is 2.94. The van der Waals surface area contributed by atoms with E-state index in [1.807, 2.05) is 24.0 Å². The van der Waals surface area contributed by atoms with Gasteiger partial charge in [-0.05, 0) is 30.9 Å². The van der Waals surface area contributed by atoms with Crippen molar-refractivity contribution in [1.29, 1.82) is 0 Å². The average molecular weight is 417 g/mol. The van der Waals surface area contributed by atoms with E-state index in [0.717, 1.165) is 49.6 Å². The Hall–Kier alpha value is -2.28. The molecule has 166 valence electrons. The van der Waals surface area contributed by atoms with Crippen LogP contribution in [0.4, 0.5) is 4.79 Å². The maximum Gasteiger partial charge on any atom is 0.317 e. The van der Waals surface area contributed by atoms with E-state index in [1.165, 1.54) is 0 Å². The van der Waals surface area contributed by atoms with Gasteiger partial charge in [-0.25, -0.2) is 4.79 Å². The molecule has 0 atom stereocenters. The summed E-state index contributed by atoms with van der Waals surface area (Å²) in [5.74, 6) is 1.72. The molecule has 2 aliphatic heterocycles. The standard InChI is InChI=1S/C23H36N4O3/c1-4-24-23(29)27-13-14-30-21-7-5-19(15-20(21)17-27)6-8-22(28)26-11-9-25(10-12-26)16-18(2)3/h5,7,15,18H,4,6,8-14,16-17H2,1-3H3,(H,24,29). The number of piperazine rings is 1. The molecule has 0 aliphatic carbocycles. The van der Waals surface area contributed by atoms with Gasteiger partial charge in [-0.2, -0.15) is 0 Å². The first-order valence-corrected chi connectivity index (χ1v) is 11.2. The highest BCUT2D eigenvalue weighted by molar-refractivity contribution is 5.76. The van der Waals surface area contributed by atoms with Gasteiger partial charge in [0.15, 0.2) is 0 Å². The zero-order valence-corrected chi connectivity index (χ0v) is 18.7. The number of hydrogen-bond donors (Lipinski definition) is 1. The van der Waals surface area contributed by atoms with Crippen LogP contribution in [0.1, 0.15) is 38.3 Å². The normalized spacial score (nSPS) is 17.3. The van der Waals surface area contributed by atoms with Crippen LogP contribution >= 0.6 is 0 Å². The van der Waals surface area contributed by atoms with E-state index in [2.05, 4.69) is 30.1 Å². The Morgan fingerprint density at radius 2 is 1.87 bits per heavy atom. The summed E-state index contributed by atoms with van der Waals surface area (Å²) in [4.78, 5) is 31.1. The predicted octanol–water partition coefficient (Wildman–Crippen LogP) is 2.34. The van der Waals surface area contributed by atoms with Crippen molar-refractivity contribution in [2.24, 2.45) is 5.92 Å². The molecular formula is C23H36N4O3. The van der Waals surface area contributed by atoms with Gasteiger partial charge in [-0.15, -0.1) is 0 Å². The molecule has 1 saturated heterocycles. The molecule has 2 heterocycles. The number of amides is 3. The van der Waals surface area contributed by atoms with Gasteiger partial charge < -0.3 is 19.9 Å². The number of rotatable bonds is 6. The summed E-state index contributed by atoms with van der Waals surface area (Å²) in [6.07, 6.45) is 1.23. The highest BCUT2D eigenvalue weighted by Crippen LogP contribution is 2.25. The summed E-state index contributed by atoms with van der Waals surface area (Å²) in [6.45, 7) is 13.3. The second kappa shape index (κ2) is 10.7. The van der Waals surface area contributed by atoms with Gasteiger partial charge in [0.05, 0.1) is 13.1 Å². The number of aryl methyl sites for hydroxylation is 1. The van der Waals surface area contributed by atoms with Crippen LogP contribution in [0.25, 0.3) is 0 Å². The van der Waals surface area contributed by atoms with Crippen molar-refractivity contribution in [3.8, 4) is 5.75 Å². The van der Waals surface area contributed by atoms with Crippen LogP contribution in [0.15, 0.2) is 18.2 Å². The summed E-state index contributed by atoms with van der Waals surface area (Å²) < 4.78 is 5.82. The van der Waals surface area contributed by atoms with Gasteiger partial charge >= 0.3 is 6.03 Å². The lowest BCUT2D eigenvalue weighted by Crippen LogP contribution is -2.49. The highest BCUT2D eigenvalue weighted by Gasteiger charge is 2.22. The molecule has 1 aromatic carbocycles. The van der Waals surface area contributed by atoms with Crippen LogP contribution in [-0.2, 0) is 17.8 Å². The van der Waals surface area contributed by atoms with E-state index in [1.54, 1.807) is 4.90 Å². The lowest BCUT2D eigenvalue weighted by molar-refractivity contribution is -0.132. The Kier molecular flexibility index (Phi) is 7.96. The van der Waals surface area contributed by atoms with Crippen molar-refractivity contribution in [1.82, 2.24) is 20.0 Å². The first kappa shape index (κ1) is 22.4. The van der Waals surface area contributed by atoms with E-state index in [0.29, 0.717) is 45.0 Å². The Morgan fingerprint density at radius 1 is 1.10 bits per heavy atom. The zero-order valence-electron chi connectivity index (χ0n) is 18.7. The topological polar surface area (TPSA) is 65.1 Å². The minimum absolute atomic E-state index is 0.0638. The summed E-state index contributed by atoms with van der Waals surface area (Å²) in [5, 5.41) is 2.86. The molecule has 7 nitrogen and oxygen atoms in total. The molecule has 0 radical (unpaired) electrons. The maximum atomic E-state index is 12.7. The van der Waals surface area contributed by atoms with Crippen molar-refractivity contribution in [2.75, 3.05) is 52.4 Å². The second-order valence-electron chi connectivity index (χ2n) is 8.62. The van der Waals surface area contributed by atoms with E-state index in [4.69, 9.17) is 4.74 Å². The quantitative estimate of drug-likeness (QED) is 0.773. The molecule has 1 N–H and O–H groups in total. The number of hydrogen-bond acceptors (Lipinski definition) is 4. The molecule has 1 fully saturated rings. The molecule has 0 bridgehead atoms. The van der Waals surface area contributed by atoms with Gasteiger partial charge in [0.25, 0.3) is 0 Å². The van der Waals surface area contributed by atoms with Gasteiger partial charge in [0.2, 0.25) is 5.91 Å². The second-order valence-corrected chi connectivity index (χ2v) is 8.62. The summed E-state index contributed by atoms with van der Waals surface area (Å²) >= 11 is 0. The van der Waals surface area contributed by atoms with Crippen molar-refractivity contribution < 1.29 is 14.3 Å². The minimum atomic E-state index is -0.0638. The van der Waals surface area contributed by atoms with Crippen molar-refractivity contribution in [3.63, 3.8) is 0 Å². The largest absolute Gasteiger partial charge is 0.491 e. The van der Waals surface area contributed by atoms with Crippen molar-refractivity contribution >= 4 is 11.9 Å². The molecule has 0 aromatic heterocycles. The Bertz CT molecular complexity index is 729. The number of fused-ring (bicyclic) bond motifs is 1. The number of ether oxygens (including phenoxy) is 1. The third-order valence-electron chi connectivity index (χ3n) is 5.70.